The highest BCUT2D eigenvalue weighted by Crippen LogP contribution is 2.27. The predicted octanol–water partition coefficient (Wildman–Crippen LogP) is 3.00. The average molecular weight is 310 g/mol. The van der Waals surface area contributed by atoms with E-state index in [1.165, 1.54) is 0 Å². The van der Waals surface area contributed by atoms with Gasteiger partial charge in [0.05, 0.1) is 5.25 Å². The fourth-order valence-corrected chi connectivity index (χ4v) is 4.32. The molecular weight excluding hydrogens is 284 g/mol. The summed E-state index contributed by atoms with van der Waals surface area (Å²) in [5, 5.41) is -0.244. The summed E-state index contributed by atoms with van der Waals surface area (Å²) < 4.78 is 27.4. The molecule has 0 atom stereocenters. The smallest absolute Gasteiger partial charge is 0.235 e. The number of hydrogen-bond donors (Lipinski definition) is 2. The van der Waals surface area contributed by atoms with Gasteiger partial charge in [0.25, 0.3) is 0 Å². The Balaban J connectivity index is 2.09. The van der Waals surface area contributed by atoms with Gasteiger partial charge >= 0.3 is 0 Å². The lowest BCUT2D eigenvalue weighted by atomic mass is 9.85. The molecule has 0 unspecified atom stereocenters. The summed E-state index contributed by atoms with van der Waals surface area (Å²) >= 11 is 0. The zero-order valence-corrected chi connectivity index (χ0v) is 13.7. The summed E-state index contributed by atoms with van der Waals surface area (Å²) in [6.07, 6.45) is 4.71. The molecule has 2 rings (SSSR count). The molecule has 1 aliphatic carbocycles. The van der Waals surface area contributed by atoms with Crippen LogP contribution in [0.15, 0.2) is 24.3 Å². The summed E-state index contributed by atoms with van der Waals surface area (Å²) in [4.78, 5) is 0. The molecule has 21 heavy (non-hydrogen) atoms. The van der Waals surface area contributed by atoms with Crippen molar-refractivity contribution in [2.75, 3.05) is 11.3 Å². The van der Waals surface area contributed by atoms with Crippen molar-refractivity contribution in [3.05, 3.63) is 29.8 Å². The fraction of sp³-hybridized carbons (Fsp3) is 0.625. The van der Waals surface area contributed by atoms with Crippen LogP contribution in [0.5, 0.6) is 0 Å². The molecule has 1 aromatic carbocycles. The van der Waals surface area contributed by atoms with Gasteiger partial charge in [-0.1, -0.05) is 45.2 Å². The van der Waals surface area contributed by atoms with Crippen LogP contribution in [0.3, 0.4) is 0 Å². The molecule has 5 heteroatoms. The van der Waals surface area contributed by atoms with Crippen molar-refractivity contribution in [3.8, 4) is 0 Å². The van der Waals surface area contributed by atoms with Gasteiger partial charge in [0.2, 0.25) is 10.0 Å². The Morgan fingerprint density at radius 1 is 1.14 bits per heavy atom. The maximum atomic E-state index is 12.4. The highest BCUT2D eigenvalue weighted by molar-refractivity contribution is 7.93. The molecule has 0 aliphatic heterocycles. The van der Waals surface area contributed by atoms with Crippen LogP contribution in [0.1, 0.15) is 51.5 Å². The quantitative estimate of drug-likeness (QED) is 0.878. The van der Waals surface area contributed by atoms with Crippen LogP contribution in [-0.2, 0) is 15.4 Å². The Kier molecular flexibility index (Phi) is 4.94. The number of nitrogens with two attached hydrogens (primary N) is 1. The number of sulfonamides is 1. The Labute approximate surface area is 128 Å². The van der Waals surface area contributed by atoms with E-state index in [1.54, 1.807) is 0 Å². The van der Waals surface area contributed by atoms with Gasteiger partial charge in [0.1, 0.15) is 0 Å². The number of hydrogen-bond acceptors (Lipinski definition) is 3. The first-order valence-corrected chi connectivity index (χ1v) is 9.22. The highest BCUT2D eigenvalue weighted by atomic mass is 32.2. The molecule has 4 nitrogen and oxygen atoms in total. The van der Waals surface area contributed by atoms with Crippen molar-refractivity contribution in [1.29, 1.82) is 0 Å². The van der Waals surface area contributed by atoms with E-state index in [4.69, 9.17) is 5.73 Å². The second-order valence-corrected chi connectivity index (χ2v) is 8.53. The molecule has 0 spiro atoms. The maximum absolute atomic E-state index is 12.4. The van der Waals surface area contributed by atoms with E-state index in [1.807, 2.05) is 24.3 Å². The molecule has 0 bridgehead atoms. The molecule has 0 radical (unpaired) electrons. The lowest BCUT2D eigenvalue weighted by molar-refractivity contribution is 0.486. The minimum Gasteiger partial charge on any atom is -0.330 e. The standard InChI is InChI=1S/C16H26N2O2S/c1-16(2,12-17)13-8-10-14(11-9-13)18-21(19,20)15-6-4-3-5-7-15/h8-11,15,18H,3-7,12,17H2,1-2H3. The average Bonchev–Trinajstić information content (AvgIpc) is 2.48. The first-order valence-electron chi connectivity index (χ1n) is 7.67. The molecule has 3 N–H and O–H groups in total. The van der Waals surface area contributed by atoms with Gasteiger partial charge in [0, 0.05) is 17.6 Å². The SMILES string of the molecule is CC(C)(CN)c1ccc(NS(=O)(=O)C2CCCCC2)cc1. The van der Waals surface area contributed by atoms with Crippen molar-refractivity contribution < 1.29 is 8.42 Å². The van der Waals surface area contributed by atoms with E-state index in [0.717, 1.165) is 37.7 Å². The molecule has 1 saturated carbocycles. The Morgan fingerprint density at radius 3 is 2.24 bits per heavy atom. The molecule has 0 amide bonds. The van der Waals surface area contributed by atoms with E-state index in [-0.39, 0.29) is 10.7 Å². The lowest BCUT2D eigenvalue weighted by Gasteiger charge is -2.24. The number of rotatable bonds is 5. The van der Waals surface area contributed by atoms with Crippen molar-refractivity contribution >= 4 is 15.7 Å². The van der Waals surface area contributed by atoms with Crippen molar-refractivity contribution in [3.63, 3.8) is 0 Å². The van der Waals surface area contributed by atoms with Crippen LogP contribution in [0.25, 0.3) is 0 Å². The Morgan fingerprint density at radius 2 is 1.71 bits per heavy atom. The van der Waals surface area contributed by atoms with Crippen LogP contribution >= 0.6 is 0 Å². The molecule has 118 valence electrons. The number of nitrogens with one attached hydrogen (secondary N) is 1. The second-order valence-electron chi connectivity index (χ2n) is 6.57. The number of anilines is 1. The summed E-state index contributed by atoms with van der Waals surface area (Å²) in [5.74, 6) is 0. The maximum Gasteiger partial charge on any atom is 0.235 e. The minimum absolute atomic E-state index is 0.0965. The molecule has 1 aromatic rings. The van der Waals surface area contributed by atoms with Gasteiger partial charge in [-0.3, -0.25) is 4.72 Å². The third-order valence-electron chi connectivity index (χ3n) is 4.43. The van der Waals surface area contributed by atoms with Gasteiger partial charge in [-0.05, 0) is 30.5 Å². The summed E-state index contributed by atoms with van der Waals surface area (Å²) in [5.41, 5.74) is 7.42. The van der Waals surface area contributed by atoms with E-state index in [0.29, 0.717) is 12.2 Å². The molecular formula is C16H26N2O2S. The lowest BCUT2D eigenvalue weighted by Crippen LogP contribution is -2.30. The van der Waals surface area contributed by atoms with E-state index < -0.39 is 10.0 Å². The van der Waals surface area contributed by atoms with Crippen LogP contribution in [0, 0.1) is 0 Å². The third kappa shape index (κ3) is 3.98. The Bertz CT molecular complexity index is 558. The second kappa shape index (κ2) is 6.36. The van der Waals surface area contributed by atoms with Crippen LogP contribution in [0.4, 0.5) is 5.69 Å². The normalized spacial score (nSPS) is 17.7. The van der Waals surface area contributed by atoms with Gasteiger partial charge < -0.3 is 5.73 Å². The summed E-state index contributed by atoms with van der Waals surface area (Å²) in [7, 11) is -3.26. The summed E-state index contributed by atoms with van der Waals surface area (Å²) in [6, 6.07) is 7.55. The first-order chi connectivity index (χ1) is 9.85. The van der Waals surface area contributed by atoms with Crippen LogP contribution < -0.4 is 10.5 Å². The summed E-state index contributed by atoms with van der Waals surface area (Å²) in [6.45, 7) is 4.71. The first kappa shape index (κ1) is 16.3. The molecule has 1 aliphatic rings. The van der Waals surface area contributed by atoms with E-state index in [2.05, 4.69) is 18.6 Å². The predicted molar refractivity (Wildman–Crippen MR) is 87.9 cm³/mol. The topological polar surface area (TPSA) is 72.2 Å². The molecule has 1 fully saturated rings. The van der Waals surface area contributed by atoms with Crippen molar-refractivity contribution in [1.82, 2.24) is 0 Å². The van der Waals surface area contributed by atoms with Gasteiger partial charge in [-0.2, -0.15) is 0 Å². The highest BCUT2D eigenvalue weighted by Gasteiger charge is 2.27. The van der Waals surface area contributed by atoms with Crippen LogP contribution in [0.2, 0.25) is 0 Å². The molecule has 0 heterocycles. The largest absolute Gasteiger partial charge is 0.330 e. The zero-order valence-electron chi connectivity index (χ0n) is 12.9. The molecule has 0 aromatic heterocycles. The molecule has 0 saturated heterocycles. The third-order valence-corrected chi connectivity index (χ3v) is 6.30. The van der Waals surface area contributed by atoms with Crippen molar-refractivity contribution in [2.45, 2.75) is 56.6 Å². The Hall–Kier alpha value is -1.07. The monoisotopic (exact) mass is 310 g/mol. The minimum atomic E-state index is -3.26. The van der Waals surface area contributed by atoms with Gasteiger partial charge in [-0.25, -0.2) is 8.42 Å². The van der Waals surface area contributed by atoms with Crippen LogP contribution in [-0.4, -0.2) is 20.2 Å². The zero-order chi connectivity index (χ0) is 15.5. The van der Waals surface area contributed by atoms with Crippen molar-refractivity contribution in [2.24, 2.45) is 5.73 Å². The van der Waals surface area contributed by atoms with Gasteiger partial charge in [0.15, 0.2) is 0 Å². The number of benzene rings is 1. The van der Waals surface area contributed by atoms with Gasteiger partial charge in [-0.15, -0.1) is 0 Å². The fourth-order valence-electron chi connectivity index (χ4n) is 2.73. The van der Waals surface area contributed by atoms with E-state index in [9.17, 15) is 8.42 Å². The van der Waals surface area contributed by atoms with E-state index >= 15 is 0 Å².